The first-order valence-electron chi connectivity index (χ1n) is 15.0. The monoisotopic (exact) mass is 710 g/mol. The zero-order valence-corrected chi connectivity index (χ0v) is 27.1. The average molecular weight is 711 g/mol. The van der Waals surface area contributed by atoms with Gasteiger partial charge in [0.05, 0.1) is 13.2 Å². The fourth-order valence-electron chi connectivity index (χ4n) is 5.25. The highest BCUT2D eigenvalue weighted by molar-refractivity contribution is 5.88. The predicted octanol–water partition coefficient (Wildman–Crippen LogP) is 7.16. The molecular formula is C35H32F6O9. The summed E-state index contributed by atoms with van der Waals surface area (Å²) in [6, 6.07) is 15.6. The van der Waals surface area contributed by atoms with E-state index in [1.54, 1.807) is 13.8 Å². The lowest BCUT2D eigenvalue weighted by atomic mass is 9.92. The van der Waals surface area contributed by atoms with Gasteiger partial charge in [-0.25, -0.2) is 14.4 Å². The molecule has 0 amide bonds. The minimum Gasteiger partial charge on any atom is -0.489 e. The van der Waals surface area contributed by atoms with Gasteiger partial charge in [-0.2, -0.15) is 26.3 Å². The van der Waals surface area contributed by atoms with E-state index in [4.69, 9.17) is 28.1 Å². The second-order valence-corrected chi connectivity index (χ2v) is 11.1. The number of hydrogen-bond acceptors (Lipinski definition) is 9. The van der Waals surface area contributed by atoms with Crippen molar-refractivity contribution in [1.82, 2.24) is 0 Å². The Morgan fingerprint density at radius 3 is 1.74 bits per heavy atom. The van der Waals surface area contributed by atoms with Crippen molar-refractivity contribution >= 4 is 22.9 Å². The molecule has 1 aromatic heterocycles. The standard InChI is InChI=1S/C35H32F6O9/c1-5-22(20-48-30(43)32(45-3,34(36,37)38)23-12-8-6-9-13-23)19-47-27-17-25-21(2)16-29(42)49-26(25)18-28(27)50-31(44)33(46-4,35(39,40)41)24-14-10-7-11-15-24/h6-18,22H,5,19-20H2,1-4H3/t22-,32+,33+/m1/s1. The van der Waals surface area contributed by atoms with Gasteiger partial charge in [0.15, 0.2) is 11.5 Å². The molecule has 0 bridgehead atoms. The lowest BCUT2D eigenvalue weighted by Crippen LogP contribution is -2.52. The second kappa shape index (κ2) is 14.9. The average Bonchev–Trinajstić information content (AvgIpc) is 3.06. The number of ether oxygens (including phenoxy) is 5. The molecule has 50 heavy (non-hydrogen) atoms. The number of carbonyl (C=O) groups is 2. The van der Waals surface area contributed by atoms with Crippen LogP contribution in [-0.2, 0) is 35.0 Å². The number of aryl methyl sites for hydroxylation is 1. The number of halogens is 6. The highest BCUT2D eigenvalue weighted by Crippen LogP contribution is 2.45. The summed E-state index contributed by atoms with van der Waals surface area (Å²) in [6.07, 6.45) is -10.3. The molecule has 0 aliphatic rings. The first-order valence-corrected chi connectivity index (χ1v) is 15.0. The zero-order chi connectivity index (χ0) is 36.9. The molecule has 0 radical (unpaired) electrons. The Kier molecular flexibility index (Phi) is 11.3. The molecule has 9 nitrogen and oxygen atoms in total. The van der Waals surface area contributed by atoms with Gasteiger partial charge in [0, 0.05) is 48.8 Å². The van der Waals surface area contributed by atoms with Gasteiger partial charge in [-0.15, -0.1) is 0 Å². The van der Waals surface area contributed by atoms with E-state index < -0.39 is 70.5 Å². The van der Waals surface area contributed by atoms with Crippen LogP contribution in [0.4, 0.5) is 26.3 Å². The van der Waals surface area contributed by atoms with Crippen LogP contribution in [0.15, 0.2) is 88.1 Å². The van der Waals surface area contributed by atoms with E-state index >= 15 is 0 Å². The summed E-state index contributed by atoms with van der Waals surface area (Å²) in [6.45, 7) is 2.21. The summed E-state index contributed by atoms with van der Waals surface area (Å²) in [7, 11) is 1.41. The maximum Gasteiger partial charge on any atom is 0.432 e. The van der Waals surface area contributed by atoms with Gasteiger partial charge in [0.25, 0.3) is 11.2 Å². The third kappa shape index (κ3) is 7.19. The van der Waals surface area contributed by atoms with Crippen LogP contribution in [0.25, 0.3) is 11.0 Å². The first kappa shape index (κ1) is 37.9. The van der Waals surface area contributed by atoms with Crippen molar-refractivity contribution in [3.05, 3.63) is 106 Å². The molecule has 268 valence electrons. The van der Waals surface area contributed by atoms with E-state index in [1.807, 2.05) is 0 Å². The van der Waals surface area contributed by atoms with E-state index in [9.17, 15) is 40.7 Å². The van der Waals surface area contributed by atoms with Crippen molar-refractivity contribution in [1.29, 1.82) is 0 Å². The van der Waals surface area contributed by atoms with Gasteiger partial charge in [-0.3, -0.25) is 0 Å². The Balaban J connectivity index is 1.66. The maximum atomic E-state index is 14.6. The smallest absolute Gasteiger partial charge is 0.432 e. The van der Waals surface area contributed by atoms with Crippen LogP contribution in [0.2, 0.25) is 0 Å². The van der Waals surface area contributed by atoms with Gasteiger partial charge >= 0.3 is 29.9 Å². The number of alkyl halides is 6. The van der Waals surface area contributed by atoms with Gasteiger partial charge in [-0.1, -0.05) is 67.6 Å². The Labute approximate surface area is 281 Å². The number of methoxy groups -OCH3 is 2. The van der Waals surface area contributed by atoms with Crippen LogP contribution in [0.3, 0.4) is 0 Å². The molecule has 0 saturated heterocycles. The normalized spacial score (nSPS) is 15.1. The predicted molar refractivity (Wildman–Crippen MR) is 165 cm³/mol. The number of rotatable bonds is 13. The summed E-state index contributed by atoms with van der Waals surface area (Å²) < 4.78 is 118. The van der Waals surface area contributed by atoms with E-state index in [1.165, 1.54) is 42.5 Å². The molecule has 0 saturated carbocycles. The summed E-state index contributed by atoms with van der Waals surface area (Å²) in [4.78, 5) is 38.6. The van der Waals surface area contributed by atoms with Gasteiger partial charge in [0.2, 0.25) is 0 Å². The van der Waals surface area contributed by atoms with Gasteiger partial charge < -0.3 is 28.1 Å². The molecule has 0 spiro atoms. The zero-order valence-electron chi connectivity index (χ0n) is 27.1. The summed E-state index contributed by atoms with van der Waals surface area (Å²) >= 11 is 0. The van der Waals surface area contributed by atoms with Crippen molar-refractivity contribution in [2.45, 2.75) is 43.8 Å². The topological polar surface area (TPSA) is 111 Å². The molecule has 0 aliphatic carbocycles. The third-order valence-electron chi connectivity index (χ3n) is 8.07. The highest BCUT2D eigenvalue weighted by atomic mass is 19.4. The van der Waals surface area contributed by atoms with E-state index in [0.717, 1.165) is 43.5 Å². The SMILES string of the molecule is CC[C@@H](COC(=O)[C@@](OC)(c1ccccc1)C(F)(F)F)COc1cc2c(C)cc(=O)oc2cc1OC(=O)[C@@](OC)(c1ccccc1)C(F)(F)F. The van der Waals surface area contributed by atoms with Crippen LogP contribution in [0, 0.1) is 12.8 Å². The Bertz CT molecular complexity index is 1860. The molecule has 0 N–H and O–H groups in total. The molecule has 1 heterocycles. The molecule has 4 rings (SSSR count). The molecule has 0 unspecified atom stereocenters. The fourth-order valence-corrected chi connectivity index (χ4v) is 5.25. The molecule has 3 atom stereocenters. The summed E-state index contributed by atoms with van der Waals surface area (Å²) in [5.41, 5.74) is -8.66. The fraction of sp³-hybridized carbons (Fsp3) is 0.343. The highest BCUT2D eigenvalue weighted by Gasteiger charge is 2.65. The molecule has 0 fully saturated rings. The Morgan fingerprint density at radius 1 is 0.740 bits per heavy atom. The minimum atomic E-state index is -5.31. The molecule has 4 aromatic rings. The van der Waals surface area contributed by atoms with Crippen molar-refractivity contribution in [3.8, 4) is 11.5 Å². The largest absolute Gasteiger partial charge is 0.489 e. The molecule has 15 heteroatoms. The van der Waals surface area contributed by atoms with Crippen molar-refractivity contribution in [3.63, 3.8) is 0 Å². The molecular weight excluding hydrogens is 678 g/mol. The summed E-state index contributed by atoms with van der Waals surface area (Å²) in [5, 5.41) is 0.272. The Morgan fingerprint density at radius 2 is 1.26 bits per heavy atom. The summed E-state index contributed by atoms with van der Waals surface area (Å²) in [5.74, 6) is -5.29. The van der Waals surface area contributed by atoms with E-state index in [0.29, 0.717) is 12.7 Å². The van der Waals surface area contributed by atoms with E-state index in [-0.39, 0.29) is 29.7 Å². The number of esters is 2. The van der Waals surface area contributed by atoms with Gasteiger partial charge in [-0.05, 0) is 25.0 Å². The van der Waals surface area contributed by atoms with Crippen LogP contribution >= 0.6 is 0 Å². The van der Waals surface area contributed by atoms with E-state index in [2.05, 4.69) is 0 Å². The number of hydrogen-bond donors (Lipinski definition) is 0. The van der Waals surface area contributed by atoms with Crippen molar-refractivity contribution < 1.29 is 64.0 Å². The first-order chi connectivity index (χ1) is 23.5. The lowest BCUT2D eigenvalue weighted by molar-refractivity contribution is -0.277. The molecule has 0 aliphatic heterocycles. The number of fused-ring (bicyclic) bond motifs is 1. The molecule has 3 aromatic carbocycles. The minimum absolute atomic E-state index is 0.148. The van der Waals surface area contributed by atoms with Crippen molar-refractivity contribution in [2.75, 3.05) is 27.4 Å². The van der Waals surface area contributed by atoms with Crippen LogP contribution < -0.4 is 15.1 Å². The Hall–Kier alpha value is -4.89. The number of carbonyl (C=O) groups excluding carboxylic acids is 2. The lowest BCUT2D eigenvalue weighted by Gasteiger charge is -2.33. The third-order valence-corrected chi connectivity index (χ3v) is 8.07. The van der Waals surface area contributed by atoms with Crippen LogP contribution in [0.5, 0.6) is 11.5 Å². The number of benzene rings is 3. The van der Waals surface area contributed by atoms with Crippen molar-refractivity contribution in [2.24, 2.45) is 5.92 Å². The quantitative estimate of drug-likeness (QED) is 0.0618. The second-order valence-electron chi connectivity index (χ2n) is 11.1. The maximum absolute atomic E-state index is 14.6. The van der Waals surface area contributed by atoms with Crippen LogP contribution in [-0.4, -0.2) is 51.7 Å². The van der Waals surface area contributed by atoms with Crippen LogP contribution in [0.1, 0.15) is 30.0 Å². The van der Waals surface area contributed by atoms with Gasteiger partial charge in [0.1, 0.15) is 5.58 Å².